The number of aromatic nitrogens is 2. The van der Waals surface area contributed by atoms with Crippen molar-refractivity contribution in [3.05, 3.63) is 71.5 Å². The molecule has 0 spiro atoms. The van der Waals surface area contributed by atoms with E-state index in [0.717, 1.165) is 5.56 Å². The van der Waals surface area contributed by atoms with Crippen LogP contribution in [0.4, 0.5) is 5.69 Å². The fourth-order valence-electron chi connectivity index (χ4n) is 2.37. The van der Waals surface area contributed by atoms with Gasteiger partial charge in [-0.2, -0.15) is 5.10 Å². The molecule has 0 aliphatic carbocycles. The summed E-state index contributed by atoms with van der Waals surface area (Å²) < 4.78 is 29.4. The van der Waals surface area contributed by atoms with Gasteiger partial charge in [0, 0.05) is 23.3 Å². The summed E-state index contributed by atoms with van der Waals surface area (Å²) in [6.45, 7) is 0.658. The third-order valence-electron chi connectivity index (χ3n) is 3.52. The van der Waals surface area contributed by atoms with Gasteiger partial charge < -0.3 is 5.32 Å². The van der Waals surface area contributed by atoms with E-state index in [9.17, 15) is 8.42 Å². The molecule has 0 saturated carbocycles. The minimum Gasteiger partial charge on any atom is -0.316 e. The first-order chi connectivity index (χ1) is 12.0. The molecule has 0 saturated heterocycles. The predicted molar refractivity (Wildman–Crippen MR) is 98.6 cm³/mol. The molecule has 0 fully saturated rings. The Balaban J connectivity index is 1.99. The second-order valence-electron chi connectivity index (χ2n) is 5.40. The first-order valence-electron chi connectivity index (χ1n) is 7.55. The number of sulfonamides is 1. The molecule has 3 aromatic rings. The van der Waals surface area contributed by atoms with Gasteiger partial charge in [0.1, 0.15) is 0 Å². The minimum atomic E-state index is -3.71. The molecule has 1 heterocycles. The van der Waals surface area contributed by atoms with Gasteiger partial charge in [0.15, 0.2) is 0 Å². The summed E-state index contributed by atoms with van der Waals surface area (Å²) in [5, 5.41) is 7.83. The summed E-state index contributed by atoms with van der Waals surface area (Å²) in [6, 6.07) is 13.1. The molecular weight excluding hydrogens is 360 g/mol. The topological polar surface area (TPSA) is 76.0 Å². The molecule has 0 atom stereocenters. The highest BCUT2D eigenvalue weighted by Gasteiger charge is 2.17. The summed E-state index contributed by atoms with van der Waals surface area (Å²) in [7, 11) is -1.86. The van der Waals surface area contributed by atoms with E-state index in [1.165, 1.54) is 12.1 Å². The zero-order valence-electron chi connectivity index (χ0n) is 13.5. The molecule has 1 aromatic heterocycles. The smallest absolute Gasteiger partial charge is 0.261 e. The number of hydrogen-bond donors (Lipinski definition) is 2. The summed E-state index contributed by atoms with van der Waals surface area (Å²) >= 11 is 6.09. The van der Waals surface area contributed by atoms with Crippen LogP contribution in [0.25, 0.3) is 5.69 Å². The molecular formula is C17H17ClN4O2S. The molecule has 0 amide bonds. The van der Waals surface area contributed by atoms with Crippen LogP contribution < -0.4 is 10.0 Å². The van der Waals surface area contributed by atoms with Crippen LogP contribution in [0.5, 0.6) is 0 Å². The number of benzene rings is 2. The SMILES string of the molecule is CNCc1cnn(-c2cc(Cl)ccc2NS(=O)(=O)c2ccccc2)c1. The number of halogens is 1. The third kappa shape index (κ3) is 4.01. The Kier molecular flexibility index (Phi) is 5.08. The normalized spacial score (nSPS) is 11.4. The zero-order valence-corrected chi connectivity index (χ0v) is 15.1. The van der Waals surface area contributed by atoms with Gasteiger partial charge in [0.2, 0.25) is 0 Å². The van der Waals surface area contributed by atoms with E-state index in [1.54, 1.807) is 47.3 Å². The first-order valence-corrected chi connectivity index (χ1v) is 9.41. The number of nitrogens with one attached hydrogen (secondary N) is 2. The second-order valence-corrected chi connectivity index (χ2v) is 7.52. The molecule has 2 aromatic carbocycles. The summed E-state index contributed by atoms with van der Waals surface area (Å²) in [4.78, 5) is 0.187. The molecule has 0 aliphatic heterocycles. The van der Waals surface area contributed by atoms with Gasteiger partial charge in [-0.05, 0) is 37.4 Å². The highest BCUT2D eigenvalue weighted by molar-refractivity contribution is 7.92. The molecule has 0 unspecified atom stereocenters. The molecule has 3 rings (SSSR count). The molecule has 8 heteroatoms. The lowest BCUT2D eigenvalue weighted by atomic mass is 10.2. The summed E-state index contributed by atoms with van der Waals surface area (Å²) in [5.74, 6) is 0. The highest BCUT2D eigenvalue weighted by atomic mass is 35.5. The van der Waals surface area contributed by atoms with Crippen LogP contribution in [0.2, 0.25) is 5.02 Å². The predicted octanol–water partition coefficient (Wildman–Crippen LogP) is 3.05. The Morgan fingerprint density at radius 3 is 2.64 bits per heavy atom. The lowest BCUT2D eigenvalue weighted by Crippen LogP contribution is -2.14. The number of nitrogens with zero attached hydrogens (tertiary/aromatic N) is 2. The average Bonchev–Trinajstić information content (AvgIpc) is 3.06. The van der Waals surface area contributed by atoms with Crippen molar-refractivity contribution in [2.45, 2.75) is 11.4 Å². The van der Waals surface area contributed by atoms with Crippen LogP contribution >= 0.6 is 11.6 Å². The van der Waals surface area contributed by atoms with Crippen LogP contribution in [0.15, 0.2) is 65.8 Å². The Morgan fingerprint density at radius 2 is 1.92 bits per heavy atom. The van der Waals surface area contributed by atoms with Crippen LogP contribution in [0.3, 0.4) is 0 Å². The maximum Gasteiger partial charge on any atom is 0.261 e. The van der Waals surface area contributed by atoms with Gasteiger partial charge in [-0.3, -0.25) is 4.72 Å². The molecule has 25 heavy (non-hydrogen) atoms. The fraction of sp³-hybridized carbons (Fsp3) is 0.118. The molecule has 0 bridgehead atoms. The van der Waals surface area contributed by atoms with Crippen LogP contribution in [-0.4, -0.2) is 25.2 Å². The van der Waals surface area contributed by atoms with E-state index in [-0.39, 0.29) is 4.90 Å². The van der Waals surface area contributed by atoms with Crippen molar-refractivity contribution in [2.75, 3.05) is 11.8 Å². The maximum atomic E-state index is 12.6. The van der Waals surface area contributed by atoms with Crippen molar-refractivity contribution in [1.82, 2.24) is 15.1 Å². The lowest BCUT2D eigenvalue weighted by Gasteiger charge is -2.13. The third-order valence-corrected chi connectivity index (χ3v) is 5.14. The van der Waals surface area contributed by atoms with Gasteiger partial charge in [-0.15, -0.1) is 0 Å². The van der Waals surface area contributed by atoms with E-state index in [1.807, 2.05) is 13.2 Å². The van der Waals surface area contributed by atoms with Crippen LogP contribution in [0.1, 0.15) is 5.56 Å². The summed E-state index contributed by atoms with van der Waals surface area (Å²) in [5.41, 5.74) is 1.92. The van der Waals surface area contributed by atoms with Gasteiger partial charge in [-0.1, -0.05) is 29.8 Å². The minimum absolute atomic E-state index is 0.187. The summed E-state index contributed by atoms with van der Waals surface area (Å²) in [6.07, 6.45) is 3.54. The maximum absolute atomic E-state index is 12.6. The van der Waals surface area contributed by atoms with Crippen molar-refractivity contribution in [3.8, 4) is 5.69 Å². The van der Waals surface area contributed by atoms with Crippen molar-refractivity contribution in [1.29, 1.82) is 0 Å². The second kappa shape index (κ2) is 7.26. The van der Waals surface area contributed by atoms with E-state index in [2.05, 4.69) is 15.1 Å². The molecule has 6 nitrogen and oxygen atoms in total. The van der Waals surface area contributed by atoms with Gasteiger partial charge in [0.05, 0.1) is 22.5 Å². The molecule has 2 N–H and O–H groups in total. The first kappa shape index (κ1) is 17.5. The van der Waals surface area contributed by atoms with E-state index in [0.29, 0.717) is 22.9 Å². The zero-order chi connectivity index (χ0) is 17.9. The van der Waals surface area contributed by atoms with Gasteiger partial charge >= 0.3 is 0 Å². The quantitative estimate of drug-likeness (QED) is 0.693. The Hall–Kier alpha value is -2.35. The van der Waals surface area contributed by atoms with E-state index < -0.39 is 10.0 Å². The highest BCUT2D eigenvalue weighted by Crippen LogP contribution is 2.26. The monoisotopic (exact) mass is 376 g/mol. The van der Waals surface area contributed by atoms with Crippen molar-refractivity contribution < 1.29 is 8.42 Å². The van der Waals surface area contributed by atoms with E-state index >= 15 is 0 Å². The van der Waals surface area contributed by atoms with Crippen LogP contribution in [-0.2, 0) is 16.6 Å². The Bertz CT molecular complexity index is 971. The largest absolute Gasteiger partial charge is 0.316 e. The molecule has 0 radical (unpaired) electrons. The van der Waals surface area contributed by atoms with Crippen molar-refractivity contribution >= 4 is 27.3 Å². The van der Waals surface area contributed by atoms with Crippen LogP contribution in [0, 0.1) is 0 Å². The van der Waals surface area contributed by atoms with Gasteiger partial charge in [0.25, 0.3) is 10.0 Å². The Labute approximate surface area is 151 Å². The fourth-order valence-corrected chi connectivity index (χ4v) is 3.63. The van der Waals surface area contributed by atoms with E-state index in [4.69, 9.17) is 11.6 Å². The number of rotatable bonds is 6. The lowest BCUT2D eigenvalue weighted by molar-refractivity contribution is 0.601. The molecule has 130 valence electrons. The number of hydrogen-bond acceptors (Lipinski definition) is 4. The van der Waals surface area contributed by atoms with Crippen molar-refractivity contribution in [2.24, 2.45) is 0 Å². The Morgan fingerprint density at radius 1 is 1.16 bits per heavy atom. The van der Waals surface area contributed by atoms with Gasteiger partial charge in [-0.25, -0.2) is 13.1 Å². The number of anilines is 1. The average molecular weight is 377 g/mol. The standard InChI is InChI=1S/C17H17ClN4O2S/c1-19-10-13-11-20-22(12-13)17-9-14(18)7-8-16(17)21-25(23,24)15-5-3-2-4-6-15/h2-9,11-12,19,21H,10H2,1H3. The molecule has 0 aliphatic rings. The van der Waals surface area contributed by atoms with Crippen molar-refractivity contribution in [3.63, 3.8) is 0 Å².